The van der Waals surface area contributed by atoms with Gasteiger partial charge in [-0.2, -0.15) is 0 Å². The van der Waals surface area contributed by atoms with E-state index in [-0.39, 0.29) is 23.0 Å². The lowest BCUT2D eigenvalue weighted by Crippen LogP contribution is -2.40. The molecule has 3 aliphatic rings. The van der Waals surface area contributed by atoms with Gasteiger partial charge in [0.2, 0.25) is 0 Å². The Bertz CT molecular complexity index is 954. The molecular weight excluding hydrogens is 380 g/mol. The average molecular weight is 415 g/mol. The van der Waals surface area contributed by atoms with E-state index in [9.17, 15) is 9.59 Å². The molecule has 0 atom stereocenters. The number of rotatable bonds is 7. The molecule has 0 amide bonds. The molecule has 2 aromatic rings. The molecule has 3 fully saturated rings. The first kappa shape index (κ1) is 20.7. The number of carbonyl (C=O) groups excluding carboxylic acids is 2. The van der Waals surface area contributed by atoms with Crippen molar-refractivity contribution in [3.05, 3.63) is 59.7 Å². The summed E-state index contributed by atoms with van der Waals surface area (Å²) in [6.45, 7) is 2.14. The molecule has 2 heteroatoms. The standard InChI is InChI=1S/C29H34O2/c1-29(16-3-17-29)28(31)25-14-12-24(13-15-25)27(30)23-10-8-22(9-11-23)26-5-2-4-21(19-26)18-20-6-7-20/h2,4-5,8-11,19-20,24-25H,3,6-7,12-18H2,1H3. The predicted molar refractivity (Wildman–Crippen MR) is 125 cm³/mol. The van der Waals surface area contributed by atoms with Gasteiger partial charge >= 0.3 is 0 Å². The zero-order valence-corrected chi connectivity index (χ0v) is 18.7. The Morgan fingerprint density at radius 3 is 2.13 bits per heavy atom. The zero-order valence-electron chi connectivity index (χ0n) is 18.7. The summed E-state index contributed by atoms with van der Waals surface area (Å²) in [5.74, 6) is 1.87. The van der Waals surface area contributed by atoms with Crippen molar-refractivity contribution in [3.8, 4) is 11.1 Å². The summed E-state index contributed by atoms with van der Waals surface area (Å²) in [6, 6.07) is 17.0. The molecule has 0 bridgehead atoms. The molecule has 162 valence electrons. The Balaban J connectivity index is 1.20. The molecule has 0 unspecified atom stereocenters. The summed E-state index contributed by atoms with van der Waals surface area (Å²) in [5, 5.41) is 0. The lowest BCUT2D eigenvalue weighted by Gasteiger charge is -2.40. The van der Waals surface area contributed by atoms with E-state index in [0.29, 0.717) is 5.78 Å². The van der Waals surface area contributed by atoms with Crippen LogP contribution in [0.3, 0.4) is 0 Å². The van der Waals surface area contributed by atoms with Crippen LogP contribution in [0.25, 0.3) is 11.1 Å². The second-order valence-electron chi connectivity index (χ2n) is 10.6. The minimum atomic E-state index is -0.0622. The monoisotopic (exact) mass is 414 g/mol. The fraction of sp³-hybridized carbons (Fsp3) is 0.517. The molecule has 2 aromatic carbocycles. The van der Waals surface area contributed by atoms with E-state index in [0.717, 1.165) is 50.0 Å². The molecule has 0 N–H and O–H groups in total. The molecule has 0 heterocycles. The molecule has 3 aliphatic carbocycles. The highest BCUT2D eigenvalue weighted by Gasteiger charge is 2.43. The van der Waals surface area contributed by atoms with Crippen LogP contribution in [-0.4, -0.2) is 11.6 Å². The average Bonchev–Trinajstić information content (AvgIpc) is 3.61. The normalized spacial score (nSPS) is 24.9. The van der Waals surface area contributed by atoms with E-state index in [1.807, 2.05) is 12.1 Å². The third-order valence-corrected chi connectivity index (χ3v) is 8.17. The fourth-order valence-electron chi connectivity index (χ4n) is 5.66. The van der Waals surface area contributed by atoms with Crippen LogP contribution in [0, 0.1) is 23.2 Å². The van der Waals surface area contributed by atoms with Gasteiger partial charge in [-0.3, -0.25) is 9.59 Å². The summed E-state index contributed by atoms with van der Waals surface area (Å²) in [6.07, 6.45) is 10.7. The van der Waals surface area contributed by atoms with Crippen molar-refractivity contribution in [2.45, 2.75) is 71.1 Å². The van der Waals surface area contributed by atoms with Crippen LogP contribution in [0.4, 0.5) is 0 Å². The first-order chi connectivity index (χ1) is 15.0. The van der Waals surface area contributed by atoms with Gasteiger partial charge in [-0.05, 0) is 80.4 Å². The maximum atomic E-state index is 13.1. The summed E-state index contributed by atoms with van der Waals surface area (Å²) >= 11 is 0. The highest BCUT2D eigenvalue weighted by molar-refractivity contribution is 5.98. The van der Waals surface area contributed by atoms with Gasteiger partial charge in [0.1, 0.15) is 5.78 Å². The van der Waals surface area contributed by atoms with Gasteiger partial charge in [0.05, 0.1) is 0 Å². The quantitative estimate of drug-likeness (QED) is 0.455. The molecule has 0 spiro atoms. The van der Waals surface area contributed by atoms with Gasteiger partial charge in [0, 0.05) is 22.8 Å². The van der Waals surface area contributed by atoms with Crippen LogP contribution < -0.4 is 0 Å². The van der Waals surface area contributed by atoms with Gasteiger partial charge in [0.25, 0.3) is 0 Å². The van der Waals surface area contributed by atoms with E-state index in [2.05, 4.69) is 43.3 Å². The van der Waals surface area contributed by atoms with Crippen molar-refractivity contribution in [3.63, 3.8) is 0 Å². The van der Waals surface area contributed by atoms with Gasteiger partial charge < -0.3 is 0 Å². The summed E-state index contributed by atoms with van der Waals surface area (Å²) in [5.41, 5.74) is 4.59. The minimum Gasteiger partial charge on any atom is -0.299 e. The predicted octanol–water partition coefficient (Wildman–Crippen LogP) is 7.05. The molecule has 0 saturated heterocycles. The lowest BCUT2D eigenvalue weighted by atomic mass is 9.62. The van der Waals surface area contributed by atoms with E-state index in [4.69, 9.17) is 0 Å². The Morgan fingerprint density at radius 1 is 0.839 bits per heavy atom. The van der Waals surface area contributed by atoms with Crippen LogP contribution in [0.2, 0.25) is 0 Å². The molecule has 5 rings (SSSR count). The van der Waals surface area contributed by atoms with Gasteiger partial charge in [-0.1, -0.05) is 61.9 Å². The van der Waals surface area contributed by atoms with Crippen molar-refractivity contribution in [2.24, 2.45) is 23.2 Å². The molecule has 31 heavy (non-hydrogen) atoms. The third-order valence-electron chi connectivity index (χ3n) is 8.17. The van der Waals surface area contributed by atoms with Crippen molar-refractivity contribution >= 4 is 11.6 Å². The number of ketones is 2. The van der Waals surface area contributed by atoms with Crippen molar-refractivity contribution in [1.29, 1.82) is 0 Å². The number of Topliss-reactive ketones (excluding diaryl/α,β-unsaturated/α-hetero) is 2. The lowest BCUT2D eigenvalue weighted by molar-refractivity contribution is -0.137. The first-order valence-electron chi connectivity index (χ1n) is 12.3. The number of hydrogen-bond acceptors (Lipinski definition) is 2. The Kier molecular flexibility index (Phi) is 5.58. The first-order valence-corrected chi connectivity index (χ1v) is 12.3. The molecule has 0 radical (unpaired) electrons. The summed E-state index contributed by atoms with van der Waals surface area (Å²) in [4.78, 5) is 25.9. The fourth-order valence-corrected chi connectivity index (χ4v) is 5.66. The Hall–Kier alpha value is -2.22. The Morgan fingerprint density at radius 2 is 1.52 bits per heavy atom. The molecule has 2 nitrogen and oxygen atoms in total. The number of carbonyl (C=O) groups is 2. The van der Waals surface area contributed by atoms with E-state index < -0.39 is 0 Å². The van der Waals surface area contributed by atoms with E-state index in [1.54, 1.807) is 0 Å². The highest BCUT2D eigenvalue weighted by atomic mass is 16.1. The van der Waals surface area contributed by atoms with Crippen LogP contribution in [0.5, 0.6) is 0 Å². The van der Waals surface area contributed by atoms with Crippen LogP contribution >= 0.6 is 0 Å². The molecule has 3 saturated carbocycles. The Labute approximate surface area is 186 Å². The number of benzene rings is 2. The van der Waals surface area contributed by atoms with Crippen LogP contribution in [0.15, 0.2) is 48.5 Å². The van der Waals surface area contributed by atoms with Crippen molar-refractivity contribution in [1.82, 2.24) is 0 Å². The summed E-state index contributed by atoms with van der Waals surface area (Å²) < 4.78 is 0. The SMILES string of the molecule is CC1(C(=O)C2CCC(C(=O)c3ccc(-c4cccc(CC5CC5)c4)cc3)CC2)CCC1. The summed E-state index contributed by atoms with van der Waals surface area (Å²) in [7, 11) is 0. The zero-order chi connectivity index (χ0) is 21.4. The van der Waals surface area contributed by atoms with E-state index in [1.165, 1.54) is 42.4 Å². The topological polar surface area (TPSA) is 34.1 Å². The minimum absolute atomic E-state index is 0.0622. The smallest absolute Gasteiger partial charge is 0.165 e. The third kappa shape index (κ3) is 4.40. The van der Waals surface area contributed by atoms with E-state index >= 15 is 0 Å². The van der Waals surface area contributed by atoms with Gasteiger partial charge in [-0.25, -0.2) is 0 Å². The van der Waals surface area contributed by atoms with Gasteiger partial charge in [-0.15, -0.1) is 0 Å². The maximum Gasteiger partial charge on any atom is 0.165 e. The molecule has 0 aromatic heterocycles. The van der Waals surface area contributed by atoms with Crippen molar-refractivity contribution < 1.29 is 9.59 Å². The van der Waals surface area contributed by atoms with Crippen LogP contribution in [0.1, 0.15) is 80.6 Å². The van der Waals surface area contributed by atoms with Gasteiger partial charge in [0.15, 0.2) is 5.78 Å². The number of hydrogen-bond donors (Lipinski definition) is 0. The maximum absolute atomic E-state index is 13.1. The second-order valence-corrected chi connectivity index (χ2v) is 10.6. The largest absolute Gasteiger partial charge is 0.299 e. The van der Waals surface area contributed by atoms with Crippen LogP contribution in [-0.2, 0) is 11.2 Å². The second kappa shape index (κ2) is 8.37. The molecule has 0 aliphatic heterocycles. The van der Waals surface area contributed by atoms with Crippen molar-refractivity contribution in [2.75, 3.05) is 0 Å². The highest BCUT2D eigenvalue weighted by Crippen LogP contribution is 2.46. The molecular formula is C29H34O2.